The summed E-state index contributed by atoms with van der Waals surface area (Å²) in [6.07, 6.45) is 1.56. The maximum Gasteiger partial charge on any atom is 0.255 e. The summed E-state index contributed by atoms with van der Waals surface area (Å²) in [6.45, 7) is 8.86. The van der Waals surface area contributed by atoms with Gasteiger partial charge in [-0.3, -0.25) is 4.79 Å². The van der Waals surface area contributed by atoms with Crippen molar-refractivity contribution in [1.29, 1.82) is 0 Å². The van der Waals surface area contributed by atoms with Crippen LogP contribution in [-0.2, 0) is 4.74 Å². The average molecular weight is 313 g/mol. The van der Waals surface area contributed by atoms with Gasteiger partial charge in [0, 0.05) is 19.3 Å². The van der Waals surface area contributed by atoms with E-state index < -0.39 is 0 Å². The summed E-state index contributed by atoms with van der Waals surface area (Å²) in [5.74, 6) is 0.273. The second-order valence-electron chi connectivity index (χ2n) is 5.65. The number of hydrogen-bond donors (Lipinski definition) is 0. The van der Waals surface area contributed by atoms with Crippen molar-refractivity contribution < 1.29 is 14.3 Å². The Kier molecular flexibility index (Phi) is 5.06. The molecule has 1 aliphatic heterocycles. The Bertz CT molecular complexity index is 512. The first kappa shape index (κ1) is 16.0. The summed E-state index contributed by atoms with van der Waals surface area (Å²) in [6, 6.07) is 1.61. The van der Waals surface area contributed by atoms with Gasteiger partial charge < -0.3 is 14.4 Å². The minimum atomic E-state index is -0.0810. The van der Waals surface area contributed by atoms with Gasteiger partial charge in [-0.05, 0) is 33.8 Å². The highest BCUT2D eigenvalue weighted by Gasteiger charge is 2.27. The van der Waals surface area contributed by atoms with E-state index in [4.69, 9.17) is 21.1 Å². The lowest BCUT2D eigenvalue weighted by Gasteiger charge is -2.35. The third-order valence-electron chi connectivity index (χ3n) is 3.11. The van der Waals surface area contributed by atoms with Crippen LogP contribution in [0.25, 0.3) is 0 Å². The van der Waals surface area contributed by atoms with Crippen LogP contribution in [0.1, 0.15) is 38.1 Å². The van der Waals surface area contributed by atoms with Gasteiger partial charge in [-0.1, -0.05) is 11.6 Å². The molecule has 0 spiro atoms. The molecule has 6 heteroatoms. The van der Waals surface area contributed by atoms with Gasteiger partial charge in [-0.15, -0.1) is 0 Å². The molecule has 2 rings (SSSR count). The first-order valence-electron chi connectivity index (χ1n) is 7.13. The highest BCUT2D eigenvalue weighted by atomic mass is 35.5. The number of aromatic nitrogens is 1. The minimum absolute atomic E-state index is 0.0162. The summed E-state index contributed by atoms with van der Waals surface area (Å²) in [5.41, 5.74) is 0.470. The third kappa shape index (κ3) is 4.08. The smallest absolute Gasteiger partial charge is 0.255 e. The average Bonchev–Trinajstić information content (AvgIpc) is 2.38. The second-order valence-corrected chi connectivity index (χ2v) is 6.05. The molecule has 2 atom stereocenters. The molecule has 1 aliphatic rings. The molecule has 1 aromatic heterocycles. The quantitative estimate of drug-likeness (QED) is 0.861. The number of carbonyl (C=O) groups is 1. The lowest BCUT2D eigenvalue weighted by Crippen LogP contribution is -2.48. The van der Waals surface area contributed by atoms with Gasteiger partial charge in [-0.25, -0.2) is 4.98 Å². The van der Waals surface area contributed by atoms with Gasteiger partial charge in [0.05, 0.1) is 23.9 Å². The molecule has 21 heavy (non-hydrogen) atoms. The molecular weight excluding hydrogens is 292 g/mol. The molecule has 0 aliphatic carbocycles. The number of carbonyl (C=O) groups excluding carboxylic acids is 1. The van der Waals surface area contributed by atoms with Crippen LogP contribution in [0.3, 0.4) is 0 Å². The van der Waals surface area contributed by atoms with Crippen LogP contribution in [0.4, 0.5) is 0 Å². The van der Waals surface area contributed by atoms with Gasteiger partial charge in [-0.2, -0.15) is 0 Å². The highest BCUT2D eigenvalue weighted by molar-refractivity contribution is 6.32. The maximum absolute atomic E-state index is 12.5. The molecule has 0 N–H and O–H groups in total. The number of rotatable bonds is 3. The fourth-order valence-corrected chi connectivity index (χ4v) is 2.59. The summed E-state index contributed by atoms with van der Waals surface area (Å²) in [4.78, 5) is 18.4. The topological polar surface area (TPSA) is 51.7 Å². The fourth-order valence-electron chi connectivity index (χ4n) is 2.38. The molecule has 0 aromatic carbocycles. The largest absolute Gasteiger partial charge is 0.474 e. The summed E-state index contributed by atoms with van der Waals surface area (Å²) in [5, 5.41) is 0.351. The third-order valence-corrected chi connectivity index (χ3v) is 3.38. The van der Waals surface area contributed by atoms with Crippen molar-refractivity contribution in [2.75, 3.05) is 13.1 Å². The van der Waals surface area contributed by atoms with Crippen LogP contribution < -0.4 is 4.74 Å². The van der Waals surface area contributed by atoms with Crippen molar-refractivity contribution in [2.24, 2.45) is 0 Å². The lowest BCUT2D eigenvalue weighted by atomic mass is 10.2. The number of hydrogen-bond acceptors (Lipinski definition) is 4. The monoisotopic (exact) mass is 312 g/mol. The van der Waals surface area contributed by atoms with Gasteiger partial charge in [0.15, 0.2) is 0 Å². The molecule has 1 saturated heterocycles. The van der Waals surface area contributed by atoms with Gasteiger partial charge in [0.25, 0.3) is 5.91 Å². The molecule has 2 heterocycles. The highest BCUT2D eigenvalue weighted by Crippen LogP contribution is 2.24. The van der Waals surface area contributed by atoms with Crippen molar-refractivity contribution in [3.63, 3.8) is 0 Å². The minimum Gasteiger partial charge on any atom is -0.474 e. The molecule has 0 bridgehead atoms. The van der Waals surface area contributed by atoms with E-state index in [0.29, 0.717) is 29.6 Å². The Balaban J connectivity index is 2.14. The van der Waals surface area contributed by atoms with E-state index in [1.165, 1.54) is 6.20 Å². The number of pyridine rings is 1. The van der Waals surface area contributed by atoms with E-state index in [2.05, 4.69) is 4.98 Å². The van der Waals surface area contributed by atoms with Crippen LogP contribution in [-0.4, -0.2) is 47.2 Å². The predicted molar refractivity (Wildman–Crippen MR) is 80.9 cm³/mol. The molecule has 5 nitrogen and oxygen atoms in total. The van der Waals surface area contributed by atoms with Crippen LogP contribution >= 0.6 is 11.6 Å². The zero-order chi connectivity index (χ0) is 15.6. The molecule has 0 saturated carbocycles. The van der Waals surface area contributed by atoms with Crippen molar-refractivity contribution in [3.8, 4) is 5.88 Å². The van der Waals surface area contributed by atoms with Crippen LogP contribution in [0.15, 0.2) is 12.3 Å². The Morgan fingerprint density at radius 2 is 2.05 bits per heavy atom. The van der Waals surface area contributed by atoms with Gasteiger partial charge >= 0.3 is 0 Å². The summed E-state index contributed by atoms with van der Waals surface area (Å²) in [7, 11) is 0. The fraction of sp³-hybridized carbons (Fsp3) is 0.600. The molecule has 1 fully saturated rings. The zero-order valence-electron chi connectivity index (χ0n) is 12.8. The standard InChI is InChI=1S/C15H21ClN2O3/c1-9(2)20-14-13(16)5-12(6-17-14)15(19)18-7-10(3)21-11(4)8-18/h5-6,9-11H,7-8H2,1-4H3. The normalized spacial score (nSPS) is 22.5. The number of nitrogens with zero attached hydrogens (tertiary/aromatic N) is 2. The van der Waals surface area contributed by atoms with E-state index in [1.54, 1.807) is 11.0 Å². The molecule has 1 amide bonds. The summed E-state index contributed by atoms with van der Waals surface area (Å²) >= 11 is 6.13. The Morgan fingerprint density at radius 1 is 1.43 bits per heavy atom. The molecule has 116 valence electrons. The number of ether oxygens (including phenoxy) is 2. The second kappa shape index (κ2) is 6.62. The number of morpholine rings is 1. The van der Waals surface area contributed by atoms with Crippen molar-refractivity contribution in [2.45, 2.75) is 46.0 Å². The van der Waals surface area contributed by atoms with Crippen molar-refractivity contribution in [3.05, 3.63) is 22.8 Å². The van der Waals surface area contributed by atoms with Crippen molar-refractivity contribution in [1.82, 2.24) is 9.88 Å². The molecular formula is C15H21ClN2O3. The Morgan fingerprint density at radius 3 is 2.57 bits per heavy atom. The molecule has 1 aromatic rings. The van der Waals surface area contributed by atoms with E-state index in [1.807, 2.05) is 27.7 Å². The van der Waals surface area contributed by atoms with Gasteiger partial charge in [0.2, 0.25) is 5.88 Å². The molecule has 0 radical (unpaired) electrons. The van der Waals surface area contributed by atoms with E-state index in [0.717, 1.165) is 0 Å². The van der Waals surface area contributed by atoms with E-state index in [-0.39, 0.29) is 24.2 Å². The van der Waals surface area contributed by atoms with E-state index >= 15 is 0 Å². The number of amides is 1. The summed E-state index contributed by atoms with van der Waals surface area (Å²) < 4.78 is 11.1. The number of halogens is 1. The van der Waals surface area contributed by atoms with Crippen LogP contribution in [0, 0.1) is 0 Å². The predicted octanol–water partition coefficient (Wildman–Crippen LogP) is 2.77. The Labute approximate surface area is 130 Å². The first-order valence-corrected chi connectivity index (χ1v) is 7.51. The van der Waals surface area contributed by atoms with Crippen LogP contribution in [0.5, 0.6) is 5.88 Å². The zero-order valence-corrected chi connectivity index (χ0v) is 13.6. The SMILES string of the molecule is CC(C)Oc1ncc(C(=O)N2CC(C)OC(C)C2)cc1Cl. The Hall–Kier alpha value is -1.33. The first-order chi connectivity index (χ1) is 9.86. The molecule has 2 unspecified atom stereocenters. The van der Waals surface area contributed by atoms with Gasteiger partial charge in [0.1, 0.15) is 5.02 Å². The lowest BCUT2D eigenvalue weighted by molar-refractivity contribution is -0.0586. The maximum atomic E-state index is 12.5. The van der Waals surface area contributed by atoms with Crippen molar-refractivity contribution >= 4 is 17.5 Å². The van der Waals surface area contributed by atoms with Crippen LogP contribution in [0.2, 0.25) is 5.02 Å². The van der Waals surface area contributed by atoms with E-state index in [9.17, 15) is 4.79 Å².